The average molecular weight is 484 g/mol. The second kappa shape index (κ2) is 9.24. The van der Waals surface area contributed by atoms with Crippen molar-refractivity contribution in [2.75, 3.05) is 31.1 Å². The SMILES string of the molecule is N#Cc1ccnc(N2CCN(C(=O)c3ccc(CNC(=O)C45CC6CC(CC(C6)C4)C5)cc3)CC2)c1. The van der Waals surface area contributed by atoms with Crippen molar-refractivity contribution < 1.29 is 9.59 Å². The van der Waals surface area contributed by atoms with E-state index in [2.05, 4.69) is 21.3 Å². The second-order valence-corrected chi connectivity index (χ2v) is 11.4. The number of hydrogen-bond donors (Lipinski definition) is 1. The lowest BCUT2D eigenvalue weighted by Crippen LogP contribution is -2.53. The highest BCUT2D eigenvalue weighted by Crippen LogP contribution is 2.60. The molecule has 4 bridgehead atoms. The van der Waals surface area contributed by atoms with Crippen LogP contribution in [0.3, 0.4) is 0 Å². The first-order valence-electron chi connectivity index (χ1n) is 13.3. The zero-order valence-corrected chi connectivity index (χ0v) is 20.7. The number of nitrogens with one attached hydrogen (secondary N) is 1. The molecule has 7 nitrogen and oxygen atoms in total. The number of amides is 2. The van der Waals surface area contributed by atoms with Crippen LogP contribution in [-0.2, 0) is 11.3 Å². The Balaban J connectivity index is 1.02. The number of nitriles is 1. The number of hydrogen-bond acceptors (Lipinski definition) is 5. The molecule has 1 aromatic carbocycles. The van der Waals surface area contributed by atoms with E-state index in [0.29, 0.717) is 43.9 Å². The van der Waals surface area contributed by atoms with E-state index in [-0.39, 0.29) is 17.2 Å². The van der Waals surface area contributed by atoms with Crippen LogP contribution >= 0.6 is 0 Å². The molecule has 1 N–H and O–H groups in total. The highest BCUT2D eigenvalue weighted by molar-refractivity contribution is 5.94. The van der Waals surface area contributed by atoms with E-state index in [1.165, 1.54) is 19.3 Å². The molecule has 2 aromatic rings. The lowest BCUT2D eigenvalue weighted by molar-refractivity contribution is -0.146. The molecular formula is C29H33N5O2. The smallest absolute Gasteiger partial charge is 0.253 e. The topological polar surface area (TPSA) is 89.3 Å². The fourth-order valence-corrected chi connectivity index (χ4v) is 7.51. The van der Waals surface area contributed by atoms with Gasteiger partial charge in [0, 0.05) is 49.9 Å². The van der Waals surface area contributed by atoms with Crippen LogP contribution in [-0.4, -0.2) is 47.9 Å². The van der Waals surface area contributed by atoms with E-state index >= 15 is 0 Å². The van der Waals surface area contributed by atoms with E-state index in [1.807, 2.05) is 29.2 Å². The van der Waals surface area contributed by atoms with Crippen molar-refractivity contribution >= 4 is 17.6 Å². The monoisotopic (exact) mass is 483 g/mol. The van der Waals surface area contributed by atoms with E-state index in [4.69, 9.17) is 5.26 Å². The molecular weight excluding hydrogens is 450 g/mol. The molecule has 2 amide bonds. The van der Waals surface area contributed by atoms with Gasteiger partial charge in [-0.1, -0.05) is 12.1 Å². The minimum Gasteiger partial charge on any atom is -0.353 e. The summed E-state index contributed by atoms with van der Waals surface area (Å²) in [5.74, 6) is 3.32. The summed E-state index contributed by atoms with van der Waals surface area (Å²) in [5.41, 5.74) is 2.16. The molecule has 2 heterocycles. The molecule has 1 aliphatic heterocycles. The summed E-state index contributed by atoms with van der Waals surface area (Å²) >= 11 is 0. The Labute approximate surface area is 212 Å². The summed E-state index contributed by atoms with van der Waals surface area (Å²) in [4.78, 5) is 34.6. The molecule has 7 heteroatoms. The van der Waals surface area contributed by atoms with Gasteiger partial charge in [-0.25, -0.2) is 4.98 Å². The molecule has 0 radical (unpaired) electrons. The van der Waals surface area contributed by atoms with Gasteiger partial charge in [-0.3, -0.25) is 9.59 Å². The summed E-state index contributed by atoms with van der Waals surface area (Å²) in [5, 5.41) is 12.3. The predicted molar refractivity (Wildman–Crippen MR) is 136 cm³/mol. The first-order valence-corrected chi connectivity index (χ1v) is 13.3. The molecule has 5 aliphatic rings. The van der Waals surface area contributed by atoms with Gasteiger partial charge in [0.1, 0.15) is 5.82 Å². The fourth-order valence-electron chi connectivity index (χ4n) is 7.51. The number of anilines is 1. The molecule has 5 fully saturated rings. The summed E-state index contributed by atoms with van der Waals surface area (Å²) in [6, 6.07) is 13.3. The maximum absolute atomic E-state index is 13.2. The summed E-state index contributed by atoms with van der Waals surface area (Å²) in [7, 11) is 0. The molecule has 7 rings (SSSR count). The van der Waals surface area contributed by atoms with Gasteiger partial charge in [0.25, 0.3) is 5.91 Å². The largest absolute Gasteiger partial charge is 0.353 e. The summed E-state index contributed by atoms with van der Waals surface area (Å²) in [6.07, 6.45) is 8.88. The molecule has 36 heavy (non-hydrogen) atoms. The Morgan fingerprint density at radius 3 is 2.22 bits per heavy atom. The molecule has 0 unspecified atom stereocenters. The molecule has 0 spiro atoms. The molecule has 4 saturated carbocycles. The third kappa shape index (κ3) is 4.34. The molecule has 1 saturated heterocycles. The third-order valence-corrected chi connectivity index (χ3v) is 8.94. The maximum atomic E-state index is 13.2. The Hall–Kier alpha value is -3.40. The summed E-state index contributed by atoms with van der Waals surface area (Å²) in [6.45, 7) is 3.10. The number of nitrogens with zero attached hydrogens (tertiary/aromatic N) is 4. The van der Waals surface area contributed by atoms with Crippen LogP contribution in [0.5, 0.6) is 0 Å². The second-order valence-electron chi connectivity index (χ2n) is 11.4. The van der Waals surface area contributed by atoms with Crippen LogP contribution in [0.2, 0.25) is 0 Å². The number of aromatic nitrogens is 1. The summed E-state index contributed by atoms with van der Waals surface area (Å²) < 4.78 is 0. The lowest BCUT2D eigenvalue weighted by Gasteiger charge is -2.55. The predicted octanol–water partition coefficient (Wildman–Crippen LogP) is 3.75. The van der Waals surface area contributed by atoms with Crippen LogP contribution in [0.15, 0.2) is 42.6 Å². The van der Waals surface area contributed by atoms with Crippen molar-refractivity contribution in [1.82, 2.24) is 15.2 Å². The van der Waals surface area contributed by atoms with Gasteiger partial charge in [0.2, 0.25) is 5.91 Å². The third-order valence-electron chi connectivity index (χ3n) is 8.94. The normalized spacial score (nSPS) is 28.6. The number of carbonyl (C=O) groups is 2. The van der Waals surface area contributed by atoms with Gasteiger partial charge in [-0.05, 0) is 86.1 Å². The quantitative estimate of drug-likeness (QED) is 0.700. The fraction of sp³-hybridized carbons (Fsp3) is 0.517. The highest BCUT2D eigenvalue weighted by atomic mass is 16.2. The first kappa shape index (κ1) is 23.0. The van der Waals surface area contributed by atoms with Crippen molar-refractivity contribution in [3.05, 3.63) is 59.3 Å². The standard InChI is InChI=1S/C29H33N5O2/c30-18-21-5-6-31-26(14-21)33-7-9-34(10-8-33)27(35)25-3-1-20(2-4-25)19-32-28(36)29-15-22-11-23(16-29)13-24(12-22)17-29/h1-6,14,22-24H,7-13,15-17,19H2,(H,32,36). The molecule has 1 aromatic heterocycles. The van der Waals surface area contributed by atoms with Crippen molar-refractivity contribution in [3.63, 3.8) is 0 Å². The Bertz CT molecular complexity index is 1160. The zero-order valence-electron chi connectivity index (χ0n) is 20.7. The van der Waals surface area contributed by atoms with Crippen molar-refractivity contribution in [2.45, 2.75) is 45.1 Å². The van der Waals surface area contributed by atoms with E-state index in [1.54, 1.807) is 18.3 Å². The number of rotatable bonds is 5. The Kier molecular flexibility index (Phi) is 5.91. The molecule has 4 aliphatic carbocycles. The average Bonchev–Trinajstić information content (AvgIpc) is 2.91. The van der Waals surface area contributed by atoms with Crippen LogP contribution in [0.1, 0.15) is 60.0 Å². The number of pyridine rings is 1. The van der Waals surface area contributed by atoms with Crippen LogP contribution < -0.4 is 10.2 Å². The molecule has 0 atom stereocenters. The van der Waals surface area contributed by atoms with Gasteiger partial charge >= 0.3 is 0 Å². The highest BCUT2D eigenvalue weighted by Gasteiger charge is 2.54. The molecule has 186 valence electrons. The van der Waals surface area contributed by atoms with E-state index in [0.717, 1.165) is 48.4 Å². The minimum atomic E-state index is -0.127. The Morgan fingerprint density at radius 2 is 1.61 bits per heavy atom. The minimum absolute atomic E-state index is 0.0255. The number of carbonyl (C=O) groups excluding carboxylic acids is 2. The van der Waals surface area contributed by atoms with Gasteiger partial charge in [0.05, 0.1) is 11.6 Å². The Morgan fingerprint density at radius 1 is 0.972 bits per heavy atom. The van der Waals surface area contributed by atoms with E-state index < -0.39 is 0 Å². The van der Waals surface area contributed by atoms with Crippen LogP contribution in [0, 0.1) is 34.5 Å². The zero-order chi connectivity index (χ0) is 24.7. The lowest BCUT2D eigenvalue weighted by atomic mass is 9.49. The van der Waals surface area contributed by atoms with Crippen LogP contribution in [0.4, 0.5) is 5.82 Å². The van der Waals surface area contributed by atoms with Crippen LogP contribution in [0.25, 0.3) is 0 Å². The van der Waals surface area contributed by atoms with Gasteiger partial charge in [0.15, 0.2) is 0 Å². The van der Waals surface area contributed by atoms with Gasteiger partial charge < -0.3 is 15.1 Å². The maximum Gasteiger partial charge on any atom is 0.253 e. The number of benzene rings is 1. The van der Waals surface area contributed by atoms with Crippen molar-refractivity contribution in [1.29, 1.82) is 5.26 Å². The van der Waals surface area contributed by atoms with Gasteiger partial charge in [-0.2, -0.15) is 5.26 Å². The van der Waals surface area contributed by atoms with Crippen molar-refractivity contribution in [2.24, 2.45) is 23.2 Å². The van der Waals surface area contributed by atoms with E-state index in [9.17, 15) is 9.59 Å². The van der Waals surface area contributed by atoms with Crippen molar-refractivity contribution in [3.8, 4) is 6.07 Å². The van der Waals surface area contributed by atoms with Gasteiger partial charge in [-0.15, -0.1) is 0 Å². The first-order chi connectivity index (χ1) is 17.5. The number of piperazine rings is 1.